The molecule has 0 radical (unpaired) electrons. The highest BCUT2D eigenvalue weighted by Gasteiger charge is 2.09. The van der Waals surface area contributed by atoms with Crippen molar-refractivity contribution in [2.75, 3.05) is 13.6 Å². The second-order valence-electron chi connectivity index (χ2n) is 3.42. The van der Waals surface area contributed by atoms with Crippen LogP contribution in [0.3, 0.4) is 0 Å². The van der Waals surface area contributed by atoms with Gasteiger partial charge in [-0.05, 0) is 20.9 Å². The van der Waals surface area contributed by atoms with E-state index in [9.17, 15) is 4.79 Å². The van der Waals surface area contributed by atoms with Gasteiger partial charge in [0.1, 0.15) is 6.33 Å². The molecule has 90 valence electrons. The molecule has 0 saturated heterocycles. The number of halogens is 1. The molecular formula is C10H17ClN4O. The Morgan fingerprint density at radius 2 is 2.25 bits per heavy atom. The van der Waals surface area contributed by atoms with Crippen molar-refractivity contribution in [3.8, 4) is 0 Å². The fraction of sp³-hybridized carbons (Fsp3) is 0.500. The predicted octanol–water partition coefficient (Wildman–Crippen LogP) is 0.545. The molecule has 1 aromatic rings. The largest absolute Gasteiger partial charge is 0.350 e. The number of likely N-dealkylation sites (N-methyl/N-ethyl adjacent to an activating group) is 1. The van der Waals surface area contributed by atoms with Crippen molar-refractivity contribution in [2.45, 2.75) is 19.9 Å². The number of nitrogens with one attached hydrogen (secondary N) is 2. The second kappa shape index (κ2) is 7.14. The quantitative estimate of drug-likeness (QED) is 0.812. The van der Waals surface area contributed by atoms with Gasteiger partial charge in [-0.25, -0.2) is 9.97 Å². The summed E-state index contributed by atoms with van der Waals surface area (Å²) in [4.78, 5) is 19.5. The Morgan fingerprint density at radius 3 is 2.81 bits per heavy atom. The number of nitrogens with zero attached hydrogens (tertiary/aromatic N) is 2. The molecule has 0 saturated carbocycles. The van der Waals surface area contributed by atoms with E-state index in [0.717, 1.165) is 0 Å². The molecule has 1 rings (SSSR count). The summed E-state index contributed by atoms with van der Waals surface area (Å²) in [6, 6.07) is 0.249. The van der Waals surface area contributed by atoms with E-state index in [2.05, 4.69) is 20.6 Å². The van der Waals surface area contributed by atoms with Gasteiger partial charge in [0, 0.05) is 18.8 Å². The molecule has 1 aromatic heterocycles. The Balaban J connectivity index is 0.00000225. The number of amides is 1. The molecule has 5 nitrogen and oxygen atoms in total. The van der Waals surface area contributed by atoms with Crippen LogP contribution in [0.5, 0.6) is 0 Å². The summed E-state index contributed by atoms with van der Waals surface area (Å²) in [6.07, 6.45) is 2.96. The maximum Gasteiger partial charge on any atom is 0.254 e. The molecule has 0 aliphatic carbocycles. The lowest BCUT2D eigenvalue weighted by Crippen LogP contribution is -2.37. The summed E-state index contributed by atoms with van der Waals surface area (Å²) in [6.45, 7) is 4.37. The monoisotopic (exact) mass is 244 g/mol. The smallest absolute Gasteiger partial charge is 0.254 e. The molecule has 0 fully saturated rings. The molecule has 16 heavy (non-hydrogen) atoms. The van der Waals surface area contributed by atoms with E-state index >= 15 is 0 Å². The zero-order chi connectivity index (χ0) is 11.3. The van der Waals surface area contributed by atoms with Crippen LogP contribution in [0.4, 0.5) is 0 Å². The van der Waals surface area contributed by atoms with Gasteiger partial charge in [-0.15, -0.1) is 12.4 Å². The highest BCUT2D eigenvalue weighted by Crippen LogP contribution is 2.00. The Bertz CT molecular complexity index is 345. The van der Waals surface area contributed by atoms with Gasteiger partial charge in [0.15, 0.2) is 0 Å². The van der Waals surface area contributed by atoms with Crippen LogP contribution in [0.25, 0.3) is 0 Å². The van der Waals surface area contributed by atoms with Crippen LogP contribution in [-0.2, 0) is 0 Å². The third-order valence-corrected chi connectivity index (χ3v) is 2.22. The zero-order valence-corrected chi connectivity index (χ0v) is 10.5. The maximum atomic E-state index is 11.7. The number of carbonyl (C=O) groups is 1. The molecule has 0 aromatic carbocycles. The molecule has 6 heteroatoms. The fourth-order valence-electron chi connectivity index (χ4n) is 1.06. The summed E-state index contributed by atoms with van der Waals surface area (Å²) in [5.41, 5.74) is 1.22. The van der Waals surface area contributed by atoms with E-state index in [4.69, 9.17) is 0 Å². The van der Waals surface area contributed by atoms with Gasteiger partial charge in [-0.1, -0.05) is 0 Å². The molecule has 1 unspecified atom stereocenters. The minimum absolute atomic E-state index is 0. The number of rotatable bonds is 4. The van der Waals surface area contributed by atoms with Crippen LogP contribution >= 0.6 is 12.4 Å². The second-order valence-corrected chi connectivity index (χ2v) is 3.42. The van der Waals surface area contributed by atoms with Crippen LogP contribution in [-0.4, -0.2) is 35.5 Å². The average molecular weight is 245 g/mol. The Kier molecular flexibility index (Phi) is 6.60. The third kappa shape index (κ3) is 4.12. The SMILES string of the molecule is CNC(C)CNC(=O)c1cncnc1C.Cl. The summed E-state index contributed by atoms with van der Waals surface area (Å²) >= 11 is 0. The number of hydrogen-bond acceptors (Lipinski definition) is 4. The first-order chi connectivity index (χ1) is 7.15. The van der Waals surface area contributed by atoms with Crippen molar-refractivity contribution in [3.05, 3.63) is 23.8 Å². The molecule has 2 N–H and O–H groups in total. The first-order valence-electron chi connectivity index (χ1n) is 4.87. The van der Waals surface area contributed by atoms with Crippen LogP contribution in [0.1, 0.15) is 23.0 Å². The standard InChI is InChI=1S/C10H16N4O.ClH/c1-7(11-3)4-13-10(15)9-5-12-6-14-8(9)2;/h5-7,11H,4H2,1-3H3,(H,13,15);1H. The highest BCUT2D eigenvalue weighted by molar-refractivity contribution is 5.94. The first-order valence-corrected chi connectivity index (χ1v) is 4.87. The zero-order valence-electron chi connectivity index (χ0n) is 9.65. The van der Waals surface area contributed by atoms with E-state index < -0.39 is 0 Å². The van der Waals surface area contributed by atoms with Crippen LogP contribution in [0.2, 0.25) is 0 Å². The van der Waals surface area contributed by atoms with E-state index in [1.54, 1.807) is 6.92 Å². The predicted molar refractivity (Wildman–Crippen MR) is 64.9 cm³/mol. The minimum Gasteiger partial charge on any atom is -0.350 e. The van der Waals surface area contributed by atoms with Gasteiger partial charge >= 0.3 is 0 Å². The van der Waals surface area contributed by atoms with Gasteiger partial charge in [-0.3, -0.25) is 4.79 Å². The van der Waals surface area contributed by atoms with Gasteiger partial charge in [0.05, 0.1) is 11.3 Å². The van der Waals surface area contributed by atoms with E-state index in [-0.39, 0.29) is 24.4 Å². The number of aryl methyl sites for hydroxylation is 1. The third-order valence-electron chi connectivity index (χ3n) is 2.22. The van der Waals surface area contributed by atoms with E-state index in [1.165, 1.54) is 12.5 Å². The molecule has 0 bridgehead atoms. The topological polar surface area (TPSA) is 66.9 Å². The number of aromatic nitrogens is 2. The molecule has 0 aliphatic rings. The molecule has 0 spiro atoms. The van der Waals surface area contributed by atoms with Crippen molar-refractivity contribution in [3.63, 3.8) is 0 Å². The summed E-state index contributed by atoms with van der Waals surface area (Å²) in [5.74, 6) is -0.129. The molecule has 1 amide bonds. The fourth-order valence-corrected chi connectivity index (χ4v) is 1.06. The van der Waals surface area contributed by atoms with Gasteiger partial charge in [0.2, 0.25) is 0 Å². The molecule has 1 atom stereocenters. The van der Waals surface area contributed by atoms with Crippen molar-refractivity contribution in [2.24, 2.45) is 0 Å². The summed E-state index contributed by atoms with van der Waals surface area (Å²) < 4.78 is 0. The van der Waals surface area contributed by atoms with Crippen LogP contribution in [0.15, 0.2) is 12.5 Å². The van der Waals surface area contributed by atoms with E-state index in [0.29, 0.717) is 17.8 Å². The van der Waals surface area contributed by atoms with Crippen LogP contribution < -0.4 is 10.6 Å². The van der Waals surface area contributed by atoms with Crippen molar-refractivity contribution >= 4 is 18.3 Å². The van der Waals surface area contributed by atoms with Crippen molar-refractivity contribution in [1.82, 2.24) is 20.6 Å². The van der Waals surface area contributed by atoms with E-state index in [1.807, 2.05) is 14.0 Å². The van der Waals surface area contributed by atoms with Gasteiger partial charge in [-0.2, -0.15) is 0 Å². The first kappa shape index (κ1) is 14.8. The lowest BCUT2D eigenvalue weighted by molar-refractivity contribution is 0.0949. The van der Waals surface area contributed by atoms with Crippen molar-refractivity contribution in [1.29, 1.82) is 0 Å². The Morgan fingerprint density at radius 1 is 1.56 bits per heavy atom. The summed E-state index contributed by atoms with van der Waals surface area (Å²) in [7, 11) is 1.85. The Hall–Kier alpha value is -1.20. The average Bonchev–Trinajstić information content (AvgIpc) is 2.26. The lowest BCUT2D eigenvalue weighted by Gasteiger charge is -2.11. The number of carbonyl (C=O) groups excluding carboxylic acids is 1. The number of hydrogen-bond donors (Lipinski definition) is 2. The molecular weight excluding hydrogens is 228 g/mol. The van der Waals surface area contributed by atoms with Crippen molar-refractivity contribution < 1.29 is 4.79 Å². The minimum atomic E-state index is -0.129. The highest BCUT2D eigenvalue weighted by atomic mass is 35.5. The molecule has 1 heterocycles. The summed E-state index contributed by atoms with van der Waals surface area (Å²) in [5, 5.41) is 5.85. The molecule has 0 aliphatic heterocycles. The lowest BCUT2D eigenvalue weighted by atomic mass is 10.2. The normalized spacial score (nSPS) is 11.4. The van der Waals surface area contributed by atoms with Crippen LogP contribution in [0, 0.1) is 6.92 Å². The van der Waals surface area contributed by atoms with Gasteiger partial charge in [0.25, 0.3) is 5.91 Å². The van der Waals surface area contributed by atoms with Gasteiger partial charge < -0.3 is 10.6 Å². The Labute approximate surface area is 101 Å². The maximum absolute atomic E-state index is 11.7.